The van der Waals surface area contributed by atoms with E-state index in [2.05, 4.69) is 0 Å². The summed E-state index contributed by atoms with van der Waals surface area (Å²) in [5, 5.41) is 9.78. The van der Waals surface area contributed by atoms with Gasteiger partial charge in [-0.15, -0.1) is 0 Å². The van der Waals surface area contributed by atoms with Crippen LogP contribution in [-0.4, -0.2) is 30.4 Å². The number of aliphatic hydroxyl groups is 1. The van der Waals surface area contributed by atoms with Crippen LogP contribution in [0, 0.1) is 5.92 Å². The molecule has 0 saturated heterocycles. The lowest BCUT2D eigenvalue weighted by Crippen LogP contribution is -2.32. The summed E-state index contributed by atoms with van der Waals surface area (Å²) in [6.07, 6.45) is 3.60. The van der Waals surface area contributed by atoms with Crippen molar-refractivity contribution in [2.75, 3.05) is 13.2 Å². The summed E-state index contributed by atoms with van der Waals surface area (Å²) in [6.45, 7) is 1.50. The summed E-state index contributed by atoms with van der Waals surface area (Å²) in [5.74, 6) is -0.589. The van der Waals surface area contributed by atoms with Gasteiger partial charge >= 0.3 is 5.97 Å². The SMILES string of the molecule is O=C(OCCCOCc1ccccc1)C1CCCCC1O. The second-order valence-electron chi connectivity index (χ2n) is 5.52. The van der Waals surface area contributed by atoms with Gasteiger partial charge in [-0.25, -0.2) is 0 Å². The lowest BCUT2D eigenvalue weighted by atomic mass is 9.87. The maximum absolute atomic E-state index is 11.8. The van der Waals surface area contributed by atoms with Crippen molar-refractivity contribution in [1.29, 1.82) is 0 Å². The van der Waals surface area contributed by atoms with E-state index in [-0.39, 0.29) is 11.9 Å². The number of hydrogen-bond acceptors (Lipinski definition) is 4. The standard InChI is InChI=1S/C17H24O4/c18-16-10-5-4-9-15(16)17(19)21-12-6-11-20-13-14-7-2-1-3-8-14/h1-3,7-8,15-16,18H,4-6,9-13H2. The van der Waals surface area contributed by atoms with Gasteiger partial charge in [0.1, 0.15) is 0 Å². The Balaban J connectivity index is 1.54. The Kier molecular flexibility index (Phi) is 6.70. The average Bonchev–Trinajstić information content (AvgIpc) is 2.52. The van der Waals surface area contributed by atoms with Crippen molar-refractivity contribution in [3.8, 4) is 0 Å². The van der Waals surface area contributed by atoms with E-state index < -0.39 is 6.10 Å². The largest absolute Gasteiger partial charge is 0.465 e. The Morgan fingerprint density at radius 2 is 1.90 bits per heavy atom. The van der Waals surface area contributed by atoms with Crippen LogP contribution >= 0.6 is 0 Å². The second kappa shape index (κ2) is 8.80. The Morgan fingerprint density at radius 3 is 2.67 bits per heavy atom. The molecule has 2 unspecified atom stereocenters. The first-order valence-corrected chi connectivity index (χ1v) is 7.74. The number of aliphatic hydroxyl groups excluding tert-OH is 1. The summed E-state index contributed by atoms with van der Waals surface area (Å²) in [4.78, 5) is 11.8. The number of carbonyl (C=O) groups is 1. The molecule has 0 radical (unpaired) electrons. The number of carbonyl (C=O) groups excluding carboxylic acids is 1. The predicted molar refractivity (Wildman–Crippen MR) is 79.6 cm³/mol. The van der Waals surface area contributed by atoms with Crippen LogP contribution in [0.15, 0.2) is 30.3 Å². The molecule has 0 bridgehead atoms. The summed E-state index contributed by atoms with van der Waals surface area (Å²) >= 11 is 0. The van der Waals surface area contributed by atoms with Gasteiger partial charge in [0.25, 0.3) is 0 Å². The summed E-state index contributed by atoms with van der Waals surface area (Å²) in [5.41, 5.74) is 1.14. The molecule has 1 aromatic rings. The minimum atomic E-state index is -0.527. The third kappa shape index (κ3) is 5.48. The summed E-state index contributed by atoms with van der Waals surface area (Å²) < 4.78 is 10.8. The summed E-state index contributed by atoms with van der Waals surface area (Å²) in [6, 6.07) is 9.98. The average molecular weight is 292 g/mol. The van der Waals surface area contributed by atoms with Gasteiger partial charge in [-0.2, -0.15) is 0 Å². The van der Waals surface area contributed by atoms with E-state index >= 15 is 0 Å². The van der Waals surface area contributed by atoms with E-state index in [0.29, 0.717) is 32.7 Å². The molecule has 4 heteroatoms. The van der Waals surface area contributed by atoms with Crippen LogP contribution in [0.3, 0.4) is 0 Å². The third-order valence-electron chi connectivity index (χ3n) is 3.82. The van der Waals surface area contributed by atoms with Crippen molar-refractivity contribution in [2.24, 2.45) is 5.92 Å². The van der Waals surface area contributed by atoms with Crippen LogP contribution in [0.1, 0.15) is 37.7 Å². The highest BCUT2D eigenvalue weighted by Gasteiger charge is 2.30. The molecule has 2 atom stereocenters. The van der Waals surface area contributed by atoms with E-state index in [0.717, 1.165) is 24.8 Å². The molecular formula is C17H24O4. The fraction of sp³-hybridized carbons (Fsp3) is 0.588. The Morgan fingerprint density at radius 1 is 1.14 bits per heavy atom. The molecule has 1 aliphatic rings. The molecule has 1 aromatic carbocycles. The molecule has 0 spiro atoms. The second-order valence-corrected chi connectivity index (χ2v) is 5.52. The van der Waals surface area contributed by atoms with Crippen molar-refractivity contribution in [2.45, 2.75) is 44.8 Å². The molecule has 0 aromatic heterocycles. The highest BCUT2D eigenvalue weighted by atomic mass is 16.5. The minimum absolute atomic E-state index is 0.259. The van der Waals surface area contributed by atoms with Crippen LogP contribution in [-0.2, 0) is 20.9 Å². The molecule has 1 fully saturated rings. The van der Waals surface area contributed by atoms with Crippen LogP contribution in [0.4, 0.5) is 0 Å². The number of benzene rings is 1. The van der Waals surface area contributed by atoms with Gasteiger partial charge in [-0.05, 0) is 18.4 Å². The van der Waals surface area contributed by atoms with Gasteiger partial charge in [-0.3, -0.25) is 4.79 Å². The minimum Gasteiger partial charge on any atom is -0.465 e. The lowest BCUT2D eigenvalue weighted by Gasteiger charge is -2.25. The van der Waals surface area contributed by atoms with Crippen LogP contribution < -0.4 is 0 Å². The fourth-order valence-electron chi connectivity index (χ4n) is 2.59. The molecular weight excluding hydrogens is 268 g/mol. The first kappa shape index (κ1) is 16.0. The number of rotatable bonds is 7. The quantitative estimate of drug-likeness (QED) is 0.620. The Labute approximate surface area is 126 Å². The topological polar surface area (TPSA) is 55.8 Å². The van der Waals surface area contributed by atoms with Crippen LogP contribution in [0.2, 0.25) is 0 Å². The van der Waals surface area contributed by atoms with E-state index in [1.807, 2.05) is 30.3 Å². The number of ether oxygens (including phenoxy) is 2. The van der Waals surface area contributed by atoms with Gasteiger partial charge in [0.05, 0.1) is 31.8 Å². The van der Waals surface area contributed by atoms with Crippen molar-refractivity contribution in [1.82, 2.24) is 0 Å². The first-order valence-electron chi connectivity index (χ1n) is 7.74. The molecule has 116 valence electrons. The van der Waals surface area contributed by atoms with E-state index in [9.17, 15) is 9.90 Å². The molecule has 0 aliphatic heterocycles. The van der Waals surface area contributed by atoms with E-state index in [1.165, 1.54) is 0 Å². The van der Waals surface area contributed by atoms with Crippen molar-refractivity contribution in [3.05, 3.63) is 35.9 Å². The molecule has 1 N–H and O–H groups in total. The number of esters is 1. The Bertz CT molecular complexity index is 418. The van der Waals surface area contributed by atoms with Crippen molar-refractivity contribution >= 4 is 5.97 Å². The van der Waals surface area contributed by atoms with Crippen molar-refractivity contribution < 1.29 is 19.4 Å². The molecule has 21 heavy (non-hydrogen) atoms. The highest BCUT2D eigenvalue weighted by Crippen LogP contribution is 2.25. The van der Waals surface area contributed by atoms with Crippen molar-refractivity contribution in [3.63, 3.8) is 0 Å². The maximum Gasteiger partial charge on any atom is 0.311 e. The van der Waals surface area contributed by atoms with E-state index in [1.54, 1.807) is 0 Å². The molecule has 4 nitrogen and oxygen atoms in total. The Hall–Kier alpha value is -1.39. The predicted octanol–water partition coefficient (Wildman–Crippen LogP) is 2.69. The van der Waals surface area contributed by atoms with Crippen LogP contribution in [0.5, 0.6) is 0 Å². The third-order valence-corrected chi connectivity index (χ3v) is 3.82. The van der Waals surface area contributed by atoms with Gasteiger partial charge < -0.3 is 14.6 Å². The smallest absolute Gasteiger partial charge is 0.311 e. The van der Waals surface area contributed by atoms with E-state index in [4.69, 9.17) is 9.47 Å². The van der Waals surface area contributed by atoms with Gasteiger partial charge in [0.15, 0.2) is 0 Å². The zero-order valence-electron chi connectivity index (χ0n) is 12.4. The normalized spacial score (nSPS) is 22.0. The lowest BCUT2D eigenvalue weighted by molar-refractivity contribution is -0.154. The highest BCUT2D eigenvalue weighted by molar-refractivity contribution is 5.73. The molecule has 1 aliphatic carbocycles. The fourth-order valence-corrected chi connectivity index (χ4v) is 2.59. The van der Waals surface area contributed by atoms with Gasteiger partial charge in [-0.1, -0.05) is 43.2 Å². The maximum atomic E-state index is 11.8. The van der Waals surface area contributed by atoms with Crippen LogP contribution in [0.25, 0.3) is 0 Å². The molecule has 2 rings (SSSR count). The van der Waals surface area contributed by atoms with Gasteiger partial charge in [0, 0.05) is 6.42 Å². The monoisotopic (exact) mass is 292 g/mol. The van der Waals surface area contributed by atoms with Gasteiger partial charge in [0.2, 0.25) is 0 Å². The number of hydrogen-bond donors (Lipinski definition) is 1. The summed E-state index contributed by atoms with van der Waals surface area (Å²) in [7, 11) is 0. The zero-order valence-corrected chi connectivity index (χ0v) is 12.4. The zero-order chi connectivity index (χ0) is 14.9. The first-order chi connectivity index (χ1) is 10.3. The molecule has 0 heterocycles. The molecule has 0 amide bonds. The molecule has 1 saturated carbocycles.